The summed E-state index contributed by atoms with van der Waals surface area (Å²) in [4.78, 5) is 10.3. The Balaban J connectivity index is 3.47. The SMILES string of the molecule is Cc1ccc(S(=O)(=O)C(C)(C)C(=O)O)c(F)c1. The van der Waals surface area contributed by atoms with E-state index < -0.39 is 31.3 Å². The van der Waals surface area contributed by atoms with Gasteiger partial charge in [0.2, 0.25) is 0 Å². The van der Waals surface area contributed by atoms with Crippen molar-refractivity contribution in [1.29, 1.82) is 0 Å². The molecule has 0 aliphatic carbocycles. The number of carboxylic acid groups (broad SMARTS) is 1. The van der Waals surface area contributed by atoms with Crippen molar-refractivity contribution in [3.63, 3.8) is 0 Å². The Labute approximate surface area is 99.0 Å². The summed E-state index contributed by atoms with van der Waals surface area (Å²) in [6.07, 6.45) is 0. The normalized spacial score (nSPS) is 12.5. The number of aliphatic carboxylic acids is 1. The number of benzene rings is 1. The number of rotatable bonds is 3. The third-order valence-corrected chi connectivity index (χ3v) is 4.99. The van der Waals surface area contributed by atoms with E-state index in [1.807, 2.05) is 0 Å². The summed E-state index contributed by atoms with van der Waals surface area (Å²) in [5, 5.41) is 8.88. The number of sulfone groups is 1. The van der Waals surface area contributed by atoms with Crippen molar-refractivity contribution >= 4 is 15.8 Å². The molecule has 0 saturated heterocycles. The molecule has 0 aliphatic rings. The summed E-state index contributed by atoms with van der Waals surface area (Å²) in [6, 6.07) is 3.57. The average molecular weight is 260 g/mol. The van der Waals surface area contributed by atoms with Gasteiger partial charge < -0.3 is 5.11 Å². The van der Waals surface area contributed by atoms with E-state index in [9.17, 15) is 17.6 Å². The van der Waals surface area contributed by atoms with Gasteiger partial charge >= 0.3 is 5.97 Å². The van der Waals surface area contributed by atoms with Gasteiger partial charge in [0.05, 0.1) is 0 Å². The van der Waals surface area contributed by atoms with Crippen molar-refractivity contribution in [3.8, 4) is 0 Å². The van der Waals surface area contributed by atoms with Crippen molar-refractivity contribution in [2.45, 2.75) is 30.4 Å². The van der Waals surface area contributed by atoms with Crippen molar-refractivity contribution in [3.05, 3.63) is 29.6 Å². The van der Waals surface area contributed by atoms with Crippen LogP contribution in [0.25, 0.3) is 0 Å². The molecule has 1 N–H and O–H groups in total. The molecule has 0 bridgehead atoms. The third-order valence-electron chi connectivity index (χ3n) is 2.56. The maximum absolute atomic E-state index is 13.6. The number of hydrogen-bond donors (Lipinski definition) is 1. The minimum atomic E-state index is -4.26. The number of hydrogen-bond acceptors (Lipinski definition) is 3. The van der Waals surface area contributed by atoms with Crippen LogP contribution in [-0.2, 0) is 14.6 Å². The van der Waals surface area contributed by atoms with E-state index in [0.717, 1.165) is 26.0 Å². The smallest absolute Gasteiger partial charge is 0.324 e. The summed E-state index contributed by atoms with van der Waals surface area (Å²) in [7, 11) is -4.26. The van der Waals surface area contributed by atoms with Crippen LogP contribution >= 0.6 is 0 Å². The Kier molecular flexibility index (Phi) is 3.29. The van der Waals surface area contributed by atoms with Crippen LogP contribution in [0.2, 0.25) is 0 Å². The Morgan fingerprint density at radius 3 is 2.29 bits per heavy atom. The molecule has 0 fully saturated rings. The van der Waals surface area contributed by atoms with Gasteiger partial charge in [0.1, 0.15) is 10.7 Å². The van der Waals surface area contributed by atoms with Crippen molar-refractivity contribution in [2.75, 3.05) is 0 Å². The van der Waals surface area contributed by atoms with Crippen LogP contribution in [0.5, 0.6) is 0 Å². The molecule has 0 radical (unpaired) electrons. The van der Waals surface area contributed by atoms with E-state index in [1.165, 1.54) is 6.07 Å². The van der Waals surface area contributed by atoms with Gasteiger partial charge in [0.25, 0.3) is 0 Å². The van der Waals surface area contributed by atoms with Gasteiger partial charge in [-0.2, -0.15) is 0 Å². The predicted molar refractivity (Wildman–Crippen MR) is 60.0 cm³/mol. The second-order valence-corrected chi connectivity index (χ2v) is 6.72. The van der Waals surface area contributed by atoms with Crippen LogP contribution in [0.4, 0.5) is 4.39 Å². The molecule has 0 heterocycles. The highest BCUT2D eigenvalue weighted by molar-refractivity contribution is 7.93. The molecule has 6 heteroatoms. The fraction of sp³-hybridized carbons (Fsp3) is 0.364. The van der Waals surface area contributed by atoms with Gasteiger partial charge in [-0.1, -0.05) is 6.07 Å². The van der Waals surface area contributed by atoms with E-state index >= 15 is 0 Å². The van der Waals surface area contributed by atoms with Crippen molar-refractivity contribution in [2.24, 2.45) is 0 Å². The molecule has 94 valence electrons. The van der Waals surface area contributed by atoms with Gasteiger partial charge in [-0.25, -0.2) is 12.8 Å². The molecule has 17 heavy (non-hydrogen) atoms. The van der Waals surface area contributed by atoms with Gasteiger partial charge in [0.15, 0.2) is 14.6 Å². The summed E-state index contributed by atoms with van der Waals surface area (Å²) in [5.74, 6) is -2.45. The molecule has 1 aromatic rings. The highest BCUT2D eigenvalue weighted by Crippen LogP contribution is 2.28. The largest absolute Gasteiger partial charge is 0.480 e. The number of halogens is 1. The van der Waals surface area contributed by atoms with Crippen LogP contribution in [0.15, 0.2) is 23.1 Å². The fourth-order valence-corrected chi connectivity index (χ4v) is 2.56. The Morgan fingerprint density at radius 2 is 1.88 bits per heavy atom. The number of carboxylic acids is 1. The lowest BCUT2D eigenvalue weighted by Gasteiger charge is -2.20. The predicted octanol–water partition coefficient (Wildman–Crippen LogP) is 1.77. The molecule has 1 aromatic carbocycles. The molecule has 0 unspecified atom stereocenters. The topological polar surface area (TPSA) is 71.4 Å². The monoisotopic (exact) mass is 260 g/mol. The molecule has 1 rings (SSSR count). The maximum atomic E-state index is 13.6. The summed E-state index contributed by atoms with van der Waals surface area (Å²) in [6.45, 7) is 3.68. The first kappa shape index (κ1) is 13.6. The first-order valence-electron chi connectivity index (χ1n) is 4.85. The highest BCUT2D eigenvalue weighted by Gasteiger charge is 2.44. The molecule has 0 aliphatic heterocycles. The molecule has 0 amide bonds. The van der Waals surface area contributed by atoms with Crippen LogP contribution in [-0.4, -0.2) is 24.2 Å². The molecule has 0 spiro atoms. The molecule has 0 aromatic heterocycles. The zero-order chi connectivity index (χ0) is 13.4. The highest BCUT2D eigenvalue weighted by atomic mass is 32.2. The van der Waals surface area contributed by atoms with Gasteiger partial charge in [0, 0.05) is 0 Å². The lowest BCUT2D eigenvalue weighted by atomic mass is 10.2. The Hall–Kier alpha value is -1.43. The van der Waals surface area contributed by atoms with E-state index in [1.54, 1.807) is 6.92 Å². The lowest BCUT2D eigenvalue weighted by molar-refractivity contribution is -0.139. The molecular formula is C11H13FO4S. The minimum absolute atomic E-state index is 0.564. The lowest BCUT2D eigenvalue weighted by Crippen LogP contribution is -2.40. The van der Waals surface area contributed by atoms with E-state index in [4.69, 9.17) is 5.11 Å². The third kappa shape index (κ3) is 2.17. The average Bonchev–Trinajstić information content (AvgIpc) is 2.16. The number of aryl methyl sites for hydroxylation is 1. The zero-order valence-corrected chi connectivity index (χ0v) is 10.5. The van der Waals surface area contributed by atoms with Crippen molar-refractivity contribution < 1.29 is 22.7 Å². The molecule has 4 nitrogen and oxygen atoms in total. The van der Waals surface area contributed by atoms with Gasteiger partial charge in [-0.3, -0.25) is 4.79 Å². The Morgan fingerprint density at radius 1 is 1.35 bits per heavy atom. The maximum Gasteiger partial charge on any atom is 0.324 e. The first-order valence-corrected chi connectivity index (χ1v) is 6.33. The molecule has 0 atom stereocenters. The van der Waals surface area contributed by atoms with E-state index in [-0.39, 0.29) is 0 Å². The summed E-state index contributed by atoms with van der Waals surface area (Å²) >= 11 is 0. The van der Waals surface area contributed by atoms with Gasteiger partial charge in [-0.15, -0.1) is 0 Å². The second kappa shape index (κ2) is 4.10. The van der Waals surface area contributed by atoms with Gasteiger partial charge in [-0.05, 0) is 38.5 Å². The fourth-order valence-electron chi connectivity index (χ4n) is 1.21. The Bertz CT molecular complexity index is 561. The number of carbonyl (C=O) groups is 1. The molecular weight excluding hydrogens is 247 g/mol. The zero-order valence-electron chi connectivity index (χ0n) is 9.69. The quantitative estimate of drug-likeness (QED) is 0.899. The van der Waals surface area contributed by atoms with Crippen molar-refractivity contribution in [1.82, 2.24) is 0 Å². The second-order valence-electron chi connectivity index (χ2n) is 4.25. The van der Waals surface area contributed by atoms with Crippen LogP contribution in [0, 0.1) is 12.7 Å². The van der Waals surface area contributed by atoms with E-state index in [2.05, 4.69) is 0 Å². The summed E-state index contributed by atoms with van der Waals surface area (Å²) in [5.41, 5.74) is 0.564. The van der Waals surface area contributed by atoms with Crippen LogP contribution in [0.1, 0.15) is 19.4 Å². The van der Waals surface area contributed by atoms with E-state index in [0.29, 0.717) is 5.56 Å². The molecule has 0 saturated carbocycles. The van der Waals surface area contributed by atoms with Crippen LogP contribution in [0.3, 0.4) is 0 Å². The van der Waals surface area contributed by atoms with Crippen LogP contribution < -0.4 is 0 Å². The first-order chi connectivity index (χ1) is 7.60. The summed E-state index contributed by atoms with van der Waals surface area (Å²) < 4.78 is 35.5. The minimum Gasteiger partial charge on any atom is -0.480 e. The standard InChI is InChI=1S/C11H13FO4S/c1-7-4-5-9(8(12)6-7)17(15,16)11(2,3)10(13)14/h4-6H,1-3H3,(H,13,14).